The van der Waals surface area contributed by atoms with Crippen LogP contribution in [-0.4, -0.2) is 53.7 Å². The van der Waals surface area contributed by atoms with Crippen LogP contribution in [0.4, 0.5) is 5.69 Å². The molecule has 0 fully saturated rings. The summed E-state index contributed by atoms with van der Waals surface area (Å²) in [5.74, 6) is 0.0654. The number of fused-ring (bicyclic) bond motifs is 2. The maximum atomic E-state index is 10.6. The van der Waals surface area contributed by atoms with Crippen LogP contribution in [0.2, 0.25) is 0 Å². The van der Waals surface area contributed by atoms with Gasteiger partial charge in [0, 0.05) is 22.0 Å². The number of aromatic nitrogens is 1. The van der Waals surface area contributed by atoms with E-state index >= 15 is 0 Å². The van der Waals surface area contributed by atoms with E-state index in [1.807, 2.05) is 61.5 Å². The highest BCUT2D eigenvalue weighted by Crippen LogP contribution is 2.36. The number of hydrogen-bond acceptors (Lipinski definition) is 5. The molecule has 1 aliphatic rings. The van der Waals surface area contributed by atoms with Crippen molar-refractivity contribution in [3.05, 3.63) is 58.1 Å². The highest BCUT2D eigenvalue weighted by atomic mass is 79.9. The van der Waals surface area contributed by atoms with Gasteiger partial charge in [-0.2, -0.15) is 0 Å². The van der Waals surface area contributed by atoms with Gasteiger partial charge in [0.15, 0.2) is 5.88 Å². The molecule has 28 heavy (non-hydrogen) atoms. The number of H-pyrrole nitrogens is 1. The lowest BCUT2D eigenvalue weighted by Crippen LogP contribution is -2.18. The maximum absolute atomic E-state index is 10.6. The predicted molar refractivity (Wildman–Crippen MR) is 119 cm³/mol. The fourth-order valence-electron chi connectivity index (χ4n) is 3.07. The predicted octanol–water partition coefficient (Wildman–Crippen LogP) is 4.47. The van der Waals surface area contributed by atoms with Gasteiger partial charge in [-0.3, -0.25) is 0 Å². The number of aromatic amines is 1. The Morgan fingerprint density at radius 2 is 2.00 bits per heavy atom. The number of likely N-dealkylation sites (N-methyl/N-ethyl adjacent to an activating group) is 1. The quantitative estimate of drug-likeness (QED) is 0.433. The minimum atomic E-state index is 0. The van der Waals surface area contributed by atoms with Gasteiger partial charge in [-0.25, -0.2) is 4.99 Å². The second kappa shape index (κ2) is 8.34. The molecule has 0 radical (unpaired) electrons. The third-order valence-corrected chi connectivity index (χ3v) is 4.87. The summed E-state index contributed by atoms with van der Waals surface area (Å²) >= 11 is 3.46. The summed E-state index contributed by atoms with van der Waals surface area (Å²) in [6.45, 7) is 1.23. The fourth-order valence-corrected chi connectivity index (χ4v) is 3.43. The minimum Gasteiger partial charge on any atom is -0.494 e. The molecule has 0 aliphatic carbocycles. The number of aromatic hydroxyl groups is 1. The van der Waals surface area contributed by atoms with E-state index in [0.29, 0.717) is 23.6 Å². The number of halogens is 2. The molecule has 0 unspecified atom stereocenters. The van der Waals surface area contributed by atoms with Gasteiger partial charge in [-0.1, -0.05) is 45.4 Å². The summed E-state index contributed by atoms with van der Waals surface area (Å²) in [7, 11) is 3.97. The molecule has 0 amide bonds. The Hall–Kier alpha value is -2.35. The van der Waals surface area contributed by atoms with E-state index < -0.39 is 0 Å². The summed E-state index contributed by atoms with van der Waals surface area (Å²) < 4.78 is 0.931. The molecule has 6 nitrogen and oxygen atoms in total. The van der Waals surface area contributed by atoms with Crippen LogP contribution in [0.5, 0.6) is 5.88 Å². The molecule has 2 heterocycles. The SMILES string of the molecule is CN(C)CCO/N=C1\C(c2c(O)[nH]c3cc(Br)ccc23)=Nc2ccccc21.Cl. The van der Waals surface area contributed by atoms with Gasteiger partial charge >= 0.3 is 0 Å². The average Bonchev–Trinajstić information content (AvgIpc) is 3.14. The standard InChI is InChI=1S/C20H19BrN4O2.ClH/c1-25(2)9-10-27-24-18-14-5-3-4-6-15(14)22-19(18)17-13-8-7-12(21)11-16(13)23-20(17)26;/h3-8,11,23,26H,9-10H2,1-2H3;1H/b24-18-;. The van der Waals surface area contributed by atoms with Gasteiger partial charge in [0.1, 0.15) is 18.0 Å². The molecule has 3 aromatic rings. The largest absolute Gasteiger partial charge is 0.494 e. The zero-order valence-corrected chi connectivity index (χ0v) is 17.8. The summed E-state index contributed by atoms with van der Waals surface area (Å²) in [5.41, 5.74) is 4.39. The number of nitrogens with one attached hydrogen (secondary N) is 1. The smallest absolute Gasteiger partial charge is 0.199 e. The molecule has 1 aliphatic heterocycles. The summed E-state index contributed by atoms with van der Waals surface area (Å²) in [5, 5.41) is 15.8. The fraction of sp³-hybridized carbons (Fsp3) is 0.200. The van der Waals surface area contributed by atoms with Crippen molar-refractivity contribution in [1.82, 2.24) is 9.88 Å². The second-order valence-corrected chi connectivity index (χ2v) is 7.51. The molecule has 2 N–H and O–H groups in total. The Morgan fingerprint density at radius 3 is 2.79 bits per heavy atom. The van der Waals surface area contributed by atoms with E-state index in [-0.39, 0.29) is 18.3 Å². The van der Waals surface area contributed by atoms with Crippen molar-refractivity contribution in [2.45, 2.75) is 0 Å². The molecular weight excluding hydrogens is 444 g/mol. The molecule has 1 aromatic heterocycles. The molecule has 0 atom stereocenters. The third kappa shape index (κ3) is 3.78. The van der Waals surface area contributed by atoms with Crippen LogP contribution < -0.4 is 0 Å². The summed E-state index contributed by atoms with van der Waals surface area (Å²) in [6.07, 6.45) is 0. The van der Waals surface area contributed by atoms with Gasteiger partial charge in [0.2, 0.25) is 0 Å². The Labute approximate surface area is 177 Å². The van der Waals surface area contributed by atoms with Gasteiger partial charge in [-0.05, 0) is 32.3 Å². The Balaban J connectivity index is 0.00000225. The average molecular weight is 464 g/mol. The van der Waals surface area contributed by atoms with Gasteiger partial charge < -0.3 is 19.8 Å². The number of oxime groups is 1. The monoisotopic (exact) mass is 462 g/mol. The topological polar surface area (TPSA) is 73.2 Å². The van der Waals surface area contributed by atoms with Crippen LogP contribution in [0.25, 0.3) is 10.9 Å². The zero-order valence-electron chi connectivity index (χ0n) is 15.4. The van der Waals surface area contributed by atoms with Crippen LogP contribution in [0.15, 0.2) is 57.1 Å². The molecule has 4 rings (SSSR count). The number of nitrogens with zero attached hydrogens (tertiary/aromatic N) is 3. The Morgan fingerprint density at radius 1 is 1.21 bits per heavy atom. The van der Waals surface area contributed by atoms with E-state index in [0.717, 1.165) is 33.2 Å². The Kier molecular flexibility index (Phi) is 6.07. The van der Waals surface area contributed by atoms with Crippen LogP contribution in [-0.2, 0) is 4.84 Å². The van der Waals surface area contributed by atoms with Crippen molar-refractivity contribution >= 4 is 56.4 Å². The molecule has 0 spiro atoms. The molecule has 2 aromatic carbocycles. The first-order valence-electron chi connectivity index (χ1n) is 8.58. The number of para-hydroxylation sites is 1. The molecule has 8 heteroatoms. The van der Waals surface area contributed by atoms with Crippen molar-refractivity contribution in [3.8, 4) is 5.88 Å². The Bertz CT molecular complexity index is 1080. The normalized spacial score (nSPS) is 14.3. The molecule has 0 saturated carbocycles. The highest BCUT2D eigenvalue weighted by Gasteiger charge is 2.29. The lowest BCUT2D eigenvalue weighted by atomic mass is 10.0. The van der Waals surface area contributed by atoms with Crippen LogP contribution in [0.3, 0.4) is 0 Å². The van der Waals surface area contributed by atoms with E-state index in [1.165, 1.54) is 0 Å². The lowest BCUT2D eigenvalue weighted by Gasteiger charge is -2.09. The molecule has 146 valence electrons. The zero-order chi connectivity index (χ0) is 19.0. The van der Waals surface area contributed by atoms with Gasteiger partial charge in [0.05, 0.1) is 16.8 Å². The summed E-state index contributed by atoms with van der Waals surface area (Å²) in [6, 6.07) is 13.6. The van der Waals surface area contributed by atoms with Crippen LogP contribution in [0, 0.1) is 0 Å². The lowest BCUT2D eigenvalue weighted by molar-refractivity contribution is 0.126. The van der Waals surface area contributed by atoms with E-state index in [9.17, 15) is 5.11 Å². The third-order valence-electron chi connectivity index (χ3n) is 4.38. The van der Waals surface area contributed by atoms with Crippen molar-refractivity contribution in [2.24, 2.45) is 10.1 Å². The molecule has 0 bridgehead atoms. The van der Waals surface area contributed by atoms with Crippen molar-refractivity contribution in [3.63, 3.8) is 0 Å². The van der Waals surface area contributed by atoms with Crippen molar-refractivity contribution < 1.29 is 9.94 Å². The van der Waals surface area contributed by atoms with E-state index in [2.05, 4.69) is 26.1 Å². The summed E-state index contributed by atoms with van der Waals surface area (Å²) in [4.78, 5) is 15.3. The van der Waals surface area contributed by atoms with Crippen LogP contribution >= 0.6 is 28.3 Å². The molecular formula is C20H20BrClN4O2. The number of hydrogen-bond donors (Lipinski definition) is 2. The first-order valence-corrected chi connectivity index (χ1v) is 9.37. The minimum absolute atomic E-state index is 0. The first kappa shape index (κ1) is 20.4. The molecule has 0 saturated heterocycles. The first-order chi connectivity index (χ1) is 13.0. The number of benzene rings is 2. The van der Waals surface area contributed by atoms with Crippen molar-refractivity contribution in [1.29, 1.82) is 0 Å². The van der Waals surface area contributed by atoms with Gasteiger partial charge in [0.25, 0.3) is 0 Å². The highest BCUT2D eigenvalue weighted by molar-refractivity contribution is 9.10. The van der Waals surface area contributed by atoms with Crippen molar-refractivity contribution in [2.75, 3.05) is 27.2 Å². The van der Waals surface area contributed by atoms with Gasteiger partial charge in [-0.15, -0.1) is 12.4 Å². The van der Waals surface area contributed by atoms with E-state index in [1.54, 1.807) is 0 Å². The number of rotatable bonds is 5. The number of aliphatic imine (C=N–C) groups is 1. The van der Waals surface area contributed by atoms with Crippen LogP contribution in [0.1, 0.15) is 11.1 Å². The van der Waals surface area contributed by atoms with E-state index in [4.69, 9.17) is 9.83 Å². The maximum Gasteiger partial charge on any atom is 0.199 e. The second-order valence-electron chi connectivity index (χ2n) is 6.59.